The van der Waals surface area contributed by atoms with Gasteiger partial charge in [-0.05, 0) is 25.5 Å². The molecule has 1 aliphatic rings. The molecule has 1 aromatic carbocycles. The van der Waals surface area contributed by atoms with E-state index in [0.29, 0.717) is 31.9 Å². The fourth-order valence-electron chi connectivity index (χ4n) is 3.41. The van der Waals surface area contributed by atoms with E-state index in [-0.39, 0.29) is 5.91 Å². The first-order valence-corrected chi connectivity index (χ1v) is 8.79. The molecule has 0 saturated carbocycles. The van der Waals surface area contributed by atoms with Crippen molar-refractivity contribution in [1.82, 2.24) is 14.8 Å². The molecule has 3 rings (SSSR count). The Balaban J connectivity index is 1.69. The van der Waals surface area contributed by atoms with E-state index in [1.165, 1.54) is 5.56 Å². The quantitative estimate of drug-likeness (QED) is 0.863. The van der Waals surface area contributed by atoms with Gasteiger partial charge >= 0.3 is 0 Å². The predicted molar refractivity (Wildman–Crippen MR) is 98.0 cm³/mol. The van der Waals surface area contributed by atoms with Gasteiger partial charge in [0.1, 0.15) is 0 Å². The maximum absolute atomic E-state index is 12.9. The monoisotopic (exact) mass is 345 g/mol. The van der Waals surface area contributed by atoms with Crippen LogP contribution in [0.5, 0.6) is 0 Å². The molecule has 1 atom stereocenters. The third-order valence-corrected chi connectivity index (χ3v) is 4.98. The Labute approximate surface area is 148 Å². The third kappa shape index (κ3) is 3.86. The van der Waals surface area contributed by atoms with E-state index in [1.807, 2.05) is 25.1 Å². The Morgan fingerprint density at radius 2 is 2.08 bits per heavy atom. The van der Waals surface area contributed by atoms with Gasteiger partial charge in [-0.15, -0.1) is 0 Å². The summed E-state index contributed by atoms with van der Waals surface area (Å²) in [5.74, 6) is -0.0760. The Morgan fingerprint density at radius 1 is 1.36 bits per heavy atom. The number of nitrogens with one attached hydrogen (secondary N) is 1. The lowest BCUT2D eigenvalue weighted by Gasteiger charge is -2.30. The molecular weight excluding hydrogens is 318 g/mol. The number of aliphatic hydroxyl groups excluding tert-OH is 1. The van der Waals surface area contributed by atoms with Crippen LogP contribution in [0.2, 0.25) is 0 Å². The minimum atomic E-state index is -0.571. The molecule has 0 radical (unpaired) electrons. The molecule has 0 spiro atoms. The van der Waals surface area contributed by atoms with Gasteiger partial charge in [0.25, 0.3) is 5.91 Å². The van der Waals surface area contributed by atoms with Crippen LogP contribution in [0.1, 0.15) is 21.6 Å². The molecule has 1 aromatic heterocycles. The molecule has 6 nitrogen and oxygen atoms in total. The van der Waals surface area contributed by atoms with Crippen LogP contribution >= 0.6 is 0 Å². The predicted octanol–water partition coefficient (Wildman–Crippen LogP) is 1.55. The number of β-amino-alcohol motifs (C(OH)–C–C–N with tert-alkyl or cyclic N) is 1. The fourth-order valence-corrected chi connectivity index (χ4v) is 3.41. The molecule has 1 unspecified atom stereocenters. The summed E-state index contributed by atoms with van der Waals surface area (Å²) in [6.45, 7) is 8.00. The number of hydrogen-bond acceptors (Lipinski definition) is 4. The topological polar surface area (TPSA) is 68.8 Å². The van der Waals surface area contributed by atoms with Crippen molar-refractivity contribution in [2.24, 2.45) is 0 Å². The number of H-pyrrole nitrogens is 1. The lowest BCUT2D eigenvalue weighted by Crippen LogP contribution is -2.45. The van der Waals surface area contributed by atoms with E-state index in [0.717, 1.165) is 29.7 Å². The smallest absolute Gasteiger partial charge is 0.255 e. The summed E-state index contributed by atoms with van der Waals surface area (Å²) in [4.78, 5) is 20.0. The fraction of sp³-hybridized carbons (Fsp3) is 0.526. The number of aryl methyl sites for hydroxylation is 2. The molecule has 1 saturated heterocycles. The number of aromatic nitrogens is 1. The van der Waals surface area contributed by atoms with Gasteiger partial charge < -0.3 is 19.7 Å². The molecule has 2 heterocycles. The van der Waals surface area contributed by atoms with Gasteiger partial charge in [-0.2, -0.15) is 0 Å². The van der Waals surface area contributed by atoms with Gasteiger partial charge in [0, 0.05) is 44.3 Å². The number of aromatic amines is 1. The number of rotatable bonds is 5. The second kappa shape index (κ2) is 7.56. The molecule has 136 valence electrons. The summed E-state index contributed by atoms with van der Waals surface area (Å²) in [6, 6.07) is 5.77. The summed E-state index contributed by atoms with van der Waals surface area (Å²) < 4.78 is 5.32. The summed E-state index contributed by atoms with van der Waals surface area (Å²) in [5, 5.41) is 11.4. The number of amides is 1. The summed E-state index contributed by atoms with van der Waals surface area (Å²) >= 11 is 0. The molecule has 1 aliphatic heterocycles. The Kier molecular flexibility index (Phi) is 5.42. The molecule has 2 aromatic rings. The number of aliphatic hydroxyl groups is 1. The largest absolute Gasteiger partial charge is 0.390 e. The van der Waals surface area contributed by atoms with Crippen molar-refractivity contribution in [2.75, 3.05) is 46.4 Å². The first kappa shape index (κ1) is 17.9. The molecule has 0 aliphatic carbocycles. The number of nitrogens with zero attached hydrogens (tertiary/aromatic N) is 2. The molecule has 1 fully saturated rings. The Hall–Kier alpha value is -1.89. The van der Waals surface area contributed by atoms with Crippen LogP contribution in [0.15, 0.2) is 18.2 Å². The van der Waals surface area contributed by atoms with Crippen molar-refractivity contribution in [3.63, 3.8) is 0 Å². The number of carbonyl (C=O) groups is 1. The second-order valence-electron chi connectivity index (χ2n) is 6.86. The van der Waals surface area contributed by atoms with Gasteiger partial charge in [-0.25, -0.2) is 0 Å². The van der Waals surface area contributed by atoms with E-state index in [2.05, 4.69) is 16.8 Å². The van der Waals surface area contributed by atoms with Crippen molar-refractivity contribution in [2.45, 2.75) is 20.0 Å². The van der Waals surface area contributed by atoms with Gasteiger partial charge in [-0.1, -0.05) is 12.1 Å². The first-order valence-electron chi connectivity index (χ1n) is 8.79. The van der Waals surface area contributed by atoms with E-state index in [9.17, 15) is 9.90 Å². The van der Waals surface area contributed by atoms with Crippen molar-refractivity contribution >= 4 is 16.8 Å². The zero-order chi connectivity index (χ0) is 18.0. The van der Waals surface area contributed by atoms with Crippen LogP contribution in [-0.4, -0.2) is 78.3 Å². The maximum Gasteiger partial charge on any atom is 0.255 e. The first-order chi connectivity index (χ1) is 12.0. The minimum Gasteiger partial charge on any atom is -0.390 e. The third-order valence-electron chi connectivity index (χ3n) is 4.98. The van der Waals surface area contributed by atoms with Crippen molar-refractivity contribution < 1.29 is 14.6 Å². The molecule has 1 amide bonds. The number of hydrogen-bond donors (Lipinski definition) is 2. The van der Waals surface area contributed by atoms with Crippen LogP contribution in [0.4, 0.5) is 0 Å². The minimum absolute atomic E-state index is 0.0760. The van der Waals surface area contributed by atoms with Crippen molar-refractivity contribution in [3.05, 3.63) is 35.0 Å². The highest BCUT2D eigenvalue weighted by molar-refractivity contribution is 6.06. The summed E-state index contributed by atoms with van der Waals surface area (Å²) in [5.41, 5.74) is 3.76. The molecule has 2 N–H and O–H groups in total. The molecular formula is C19H27N3O3. The van der Waals surface area contributed by atoms with E-state index in [1.54, 1.807) is 11.9 Å². The van der Waals surface area contributed by atoms with Crippen LogP contribution in [0, 0.1) is 13.8 Å². The number of benzene rings is 1. The van der Waals surface area contributed by atoms with Crippen molar-refractivity contribution in [1.29, 1.82) is 0 Å². The standard InChI is InChI=1S/C19H27N3O3/c1-13-14(2)20-18-16(13)5-4-6-17(18)19(24)21(3)11-15(23)12-22-7-9-25-10-8-22/h4-6,15,20,23H,7-12H2,1-3H3. The highest BCUT2D eigenvalue weighted by Crippen LogP contribution is 2.25. The highest BCUT2D eigenvalue weighted by atomic mass is 16.5. The summed E-state index contributed by atoms with van der Waals surface area (Å²) in [7, 11) is 1.74. The number of para-hydroxylation sites is 1. The van der Waals surface area contributed by atoms with Crippen LogP contribution in [0.3, 0.4) is 0 Å². The van der Waals surface area contributed by atoms with Gasteiger partial charge in [-0.3, -0.25) is 9.69 Å². The lowest BCUT2D eigenvalue weighted by atomic mass is 10.1. The van der Waals surface area contributed by atoms with Gasteiger partial charge in [0.15, 0.2) is 0 Å². The second-order valence-corrected chi connectivity index (χ2v) is 6.86. The lowest BCUT2D eigenvalue weighted by molar-refractivity contribution is 0.00880. The van der Waals surface area contributed by atoms with E-state index in [4.69, 9.17) is 4.74 Å². The normalized spacial score (nSPS) is 17.0. The maximum atomic E-state index is 12.9. The van der Waals surface area contributed by atoms with Crippen LogP contribution in [0.25, 0.3) is 10.9 Å². The average molecular weight is 345 g/mol. The number of carbonyl (C=O) groups excluding carboxylic acids is 1. The number of fused-ring (bicyclic) bond motifs is 1. The van der Waals surface area contributed by atoms with E-state index < -0.39 is 6.10 Å². The zero-order valence-corrected chi connectivity index (χ0v) is 15.2. The average Bonchev–Trinajstić information content (AvgIpc) is 2.89. The van der Waals surface area contributed by atoms with Crippen molar-refractivity contribution in [3.8, 4) is 0 Å². The highest BCUT2D eigenvalue weighted by Gasteiger charge is 2.21. The van der Waals surface area contributed by atoms with Gasteiger partial charge in [0.05, 0.1) is 30.4 Å². The number of likely N-dealkylation sites (N-methyl/N-ethyl adjacent to an activating group) is 1. The number of morpholine rings is 1. The Bertz CT molecular complexity index is 750. The number of ether oxygens (including phenoxy) is 1. The molecule has 0 bridgehead atoms. The van der Waals surface area contributed by atoms with E-state index >= 15 is 0 Å². The van der Waals surface area contributed by atoms with Gasteiger partial charge in [0.2, 0.25) is 0 Å². The SMILES string of the molecule is Cc1[nH]c2c(C(=O)N(C)CC(O)CN3CCOCC3)cccc2c1C. The zero-order valence-electron chi connectivity index (χ0n) is 15.2. The summed E-state index contributed by atoms with van der Waals surface area (Å²) in [6.07, 6.45) is -0.571. The molecule has 25 heavy (non-hydrogen) atoms. The molecule has 6 heteroatoms. The van der Waals surface area contributed by atoms with Crippen LogP contribution < -0.4 is 0 Å². The van der Waals surface area contributed by atoms with Crippen LogP contribution in [-0.2, 0) is 4.74 Å². The Morgan fingerprint density at radius 3 is 2.80 bits per heavy atom.